The Morgan fingerprint density at radius 1 is 1.22 bits per heavy atom. The fourth-order valence-corrected chi connectivity index (χ4v) is 4.61. The van der Waals surface area contributed by atoms with Gasteiger partial charge in [-0.1, -0.05) is 27.7 Å². The second-order valence-electron chi connectivity index (χ2n) is 10.5. The number of halogens is 1. The molecule has 3 atom stereocenters. The Hall–Kier alpha value is -2.46. The summed E-state index contributed by atoms with van der Waals surface area (Å²) in [6.45, 7) is 8.45. The fraction of sp³-hybridized carbons (Fsp3) is 0.731. The van der Waals surface area contributed by atoms with Gasteiger partial charge in [0.2, 0.25) is 11.8 Å². The number of aliphatic hydroxyl groups excluding tert-OH is 2. The molecule has 2 heterocycles. The summed E-state index contributed by atoms with van der Waals surface area (Å²) in [6.07, 6.45) is 1.31. The van der Waals surface area contributed by atoms with E-state index in [0.29, 0.717) is 37.5 Å². The topological polar surface area (TPSA) is 124 Å². The lowest BCUT2D eigenvalue weighted by molar-refractivity contribution is -0.128. The van der Waals surface area contributed by atoms with Gasteiger partial charge in [0.25, 0.3) is 5.91 Å². The van der Waals surface area contributed by atoms with Crippen molar-refractivity contribution in [3.8, 4) is 5.88 Å². The Bertz CT molecular complexity index is 904. The molecule has 1 aliphatic heterocycles. The smallest absolute Gasteiger partial charge is 0.270 e. The van der Waals surface area contributed by atoms with Gasteiger partial charge in [0.05, 0.1) is 32.3 Å². The third-order valence-corrected chi connectivity index (χ3v) is 7.29. The van der Waals surface area contributed by atoms with Crippen molar-refractivity contribution in [3.63, 3.8) is 0 Å². The minimum absolute atomic E-state index is 0.0977. The van der Waals surface area contributed by atoms with Crippen LogP contribution in [0.2, 0.25) is 0 Å². The van der Waals surface area contributed by atoms with Gasteiger partial charge in [-0.25, -0.2) is 9.37 Å². The number of hydrogen-bond donors (Lipinski definition) is 4. The van der Waals surface area contributed by atoms with Crippen LogP contribution in [0.5, 0.6) is 5.88 Å². The van der Waals surface area contributed by atoms with Crippen LogP contribution in [0.1, 0.15) is 63.9 Å². The SMILES string of the molecule is CCC(CC)(NC(=O)c1ccc(N2CC(F)C2)c(OCC2CC2CO)n1)C(=O)N[C@H](CO)CC(C)C. The second kappa shape index (κ2) is 12.2. The number of hydrogen-bond acceptors (Lipinski definition) is 7. The van der Waals surface area contributed by atoms with E-state index in [1.807, 2.05) is 32.6 Å². The van der Waals surface area contributed by atoms with Crippen molar-refractivity contribution in [1.29, 1.82) is 0 Å². The molecule has 1 saturated heterocycles. The summed E-state index contributed by atoms with van der Waals surface area (Å²) in [5.74, 6) is 0.130. The molecule has 0 radical (unpaired) electrons. The first kappa shape index (κ1) is 28.1. The van der Waals surface area contributed by atoms with Crippen molar-refractivity contribution >= 4 is 17.5 Å². The lowest BCUT2D eigenvalue weighted by atomic mass is 9.90. The molecule has 1 aromatic rings. The van der Waals surface area contributed by atoms with Crippen LogP contribution in [-0.2, 0) is 4.79 Å². The van der Waals surface area contributed by atoms with Crippen LogP contribution in [0.3, 0.4) is 0 Å². The highest BCUT2D eigenvalue weighted by Gasteiger charge is 2.39. The standard InChI is InChI=1S/C26H41FN4O5/c1-5-26(6-2,25(35)28-20(14-33)9-16(3)4)30-23(34)21-7-8-22(31-11-19(27)12-31)24(29-21)36-15-18-10-17(18)13-32/h7-8,16-20,32-33H,5-6,9-15H2,1-4H3,(H,28,35)(H,30,34)/t17?,18?,20-/m0/s1. The average Bonchev–Trinajstić information content (AvgIpc) is 3.61. The molecule has 2 aliphatic rings. The average molecular weight is 509 g/mol. The lowest BCUT2D eigenvalue weighted by Gasteiger charge is -2.37. The molecule has 0 bridgehead atoms. The van der Waals surface area contributed by atoms with Crippen LogP contribution >= 0.6 is 0 Å². The molecule has 2 amide bonds. The van der Waals surface area contributed by atoms with Gasteiger partial charge in [-0.2, -0.15) is 0 Å². The van der Waals surface area contributed by atoms with Crippen molar-refractivity contribution in [1.82, 2.24) is 15.6 Å². The first-order valence-corrected chi connectivity index (χ1v) is 13.0. The molecule has 2 unspecified atom stereocenters. The van der Waals surface area contributed by atoms with Gasteiger partial charge in [0, 0.05) is 6.61 Å². The van der Waals surface area contributed by atoms with Crippen LogP contribution in [-0.4, -0.2) is 77.7 Å². The summed E-state index contributed by atoms with van der Waals surface area (Å²) in [5.41, 5.74) is -0.443. The van der Waals surface area contributed by atoms with E-state index >= 15 is 0 Å². The van der Waals surface area contributed by atoms with E-state index in [9.17, 15) is 24.2 Å². The molecule has 0 aromatic carbocycles. The van der Waals surface area contributed by atoms with E-state index < -0.39 is 23.7 Å². The number of ether oxygens (including phenoxy) is 1. The maximum Gasteiger partial charge on any atom is 0.270 e. The van der Waals surface area contributed by atoms with E-state index in [0.717, 1.165) is 6.42 Å². The molecule has 1 aliphatic carbocycles. The normalized spacial score (nSPS) is 20.6. The summed E-state index contributed by atoms with van der Waals surface area (Å²) in [4.78, 5) is 32.8. The predicted molar refractivity (Wildman–Crippen MR) is 135 cm³/mol. The molecule has 36 heavy (non-hydrogen) atoms. The quantitative estimate of drug-likeness (QED) is 0.303. The zero-order valence-electron chi connectivity index (χ0n) is 21.8. The largest absolute Gasteiger partial charge is 0.476 e. The molecule has 1 aromatic heterocycles. The first-order chi connectivity index (χ1) is 17.2. The van der Waals surface area contributed by atoms with Crippen molar-refractivity contribution in [3.05, 3.63) is 17.8 Å². The molecule has 9 nitrogen and oxygen atoms in total. The van der Waals surface area contributed by atoms with Crippen molar-refractivity contribution in [2.45, 2.75) is 71.1 Å². The Morgan fingerprint density at radius 3 is 2.44 bits per heavy atom. The molecule has 0 spiro atoms. The summed E-state index contributed by atoms with van der Waals surface area (Å²) in [5, 5.41) is 24.8. The van der Waals surface area contributed by atoms with Gasteiger partial charge < -0.3 is 30.5 Å². The van der Waals surface area contributed by atoms with Gasteiger partial charge in [-0.05, 0) is 55.6 Å². The Labute approximate surface area is 212 Å². The zero-order chi connectivity index (χ0) is 26.5. The number of alkyl halides is 1. The molecule has 2 fully saturated rings. The minimum Gasteiger partial charge on any atom is -0.476 e. The fourth-order valence-electron chi connectivity index (χ4n) is 4.61. The van der Waals surface area contributed by atoms with E-state index in [-0.39, 0.29) is 55.6 Å². The van der Waals surface area contributed by atoms with Gasteiger partial charge in [-0.15, -0.1) is 0 Å². The van der Waals surface area contributed by atoms with Crippen LogP contribution < -0.4 is 20.3 Å². The monoisotopic (exact) mass is 508 g/mol. The summed E-state index contributed by atoms with van der Waals surface area (Å²) >= 11 is 0. The minimum atomic E-state index is -1.16. The lowest BCUT2D eigenvalue weighted by Crippen LogP contribution is -2.60. The highest BCUT2D eigenvalue weighted by molar-refractivity contribution is 5.98. The van der Waals surface area contributed by atoms with E-state index in [4.69, 9.17) is 4.74 Å². The molecule has 202 valence electrons. The van der Waals surface area contributed by atoms with Crippen molar-refractivity contribution in [2.75, 3.05) is 37.8 Å². The third kappa shape index (κ3) is 6.64. The number of aromatic nitrogens is 1. The van der Waals surface area contributed by atoms with Crippen LogP contribution in [0.25, 0.3) is 0 Å². The Morgan fingerprint density at radius 2 is 1.92 bits per heavy atom. The highest BCUT2D eigenvalue weighted by Crippen LogP contribution is 2.39. The number of aliphatic hydroxyl groups is 2. The van der Waals surface area contributed by atoms with Gasteiger partial charge in [0.15, 0.2) is 0 Å². The molecule has 3 rings (SSSR count). The Balaban J connectivity index is 1.76. The number of anilines is 1. The number of rotatable bonds is 14. The van der Waals surface area contributed by atoms with Gasteiger partial charge in [0.1, 0.15) is 23.1 Å². The van der Waals surface area contributed by atoms with Gasteiger partial charge in [-0.3, -0.25) is 9.59 Å². The summed E-state index contributed by atoms with van der Waals surface area (Å²) in [6, 6.07) is 2.86. The molecule has 10 heteroatoms. The van der Waals surface area contributed by atoms with Gasteiger partial charge >= 0.3 is 0 Å². The summed E-state index contributed by atoms with van der Waals surface area (Å²) < 4.78 is 19.4. The first-order valence-electron chi connectivity index (χ1n) is 13.0. The number of amides is 2. The van der Waals surface area contributed by atoms with E-state index in [1.165, 1.54) is 0 Å². The van der Waals surface area contributed by atoms with Crippen molar-refractivity contribution < 1.29 is 28.9 Å². The Kier molecular flexibility index (Phi) is 9.52. The predicted octanol–water partition coefficient (Wildman–Crippen LogP) is 2.06. The van der Waals surface area contributed by atoms with Crippen LogP contribution in [0.4, 0.5) is 10.1 Å². The van der Waals surface area contributed by atoms with Crippen LogP contribution in [0, 0.1) is 17.8 Å². The zero-order valence-corrected chi connectivity index (χ0v) is 21.8. The van der Waals surface area contributed by atoms with Crippen molar-refractivity contribution in [2.24, 2.45) is 17.8 Å². The van der Waals surface area contributed by atoms with E-state index in [2.05, 4.69) is 15.6 Å². The number of pyridine rings is 1. The highest BCUT2D eigenvalue weighted by atomic mass is 19.1. The maximum absolute atomic E-state index is 13.5. The summed E-state index contributed by atoms with van der Waals surface area (Å²) in [7, 11) is 0. The second-order valence-corrected chi connectivity index (χ2v) is 10.5. The van der Waals surface area contributed by atoms with E-state index in [1.54, 1.807) is 12.1 Å². The molecule has 1 saturated carbocycles. The molecular weight excluding hydrogens is 467 g/mol. The molecular formula is C26H41FN4O5. The number of nitrogens with one attached hydrogen (secondary N) is 2. The molecule has 4 N–H and O–H groups in total. The number of carbonyl (C=O) groups excluding carboxylic acids is 2. The number of carbonyl (C=O) groups is 2. The van der Waals surface area contributed by atoms with Crippen LogP contribution in [0.15, 0.2) is 12.1 Å². The third-order valence-electron chi connectivity index (χ3n) is 7.29. The maximum atomic E-state index is 13.5. The number of nitrogens with zero attached hydrogens (tertiary/aromatic N) is 2.